The molecular weight excluding hydrogens is 392 g/mol. The number of carboxylic acid groups (broad SMARTS) is 1. The molecule has 0 spiro atoms. The quantitative estimate of drug-likeness (QED) is 0.733. The van der Waals surface area contributed by atoms with Crippen molar-refractivity contribution >= 4 is 54.6 Å². The summed E-state index contributed by atoms with van der Waals surface area (Å²) in [6.07, 6.45) is 1.99. The molecule has 1 unspecified atom stereocenters. The second-order valence-electron chi connectivity index (χ2n) is 4.42. The van der Waals surface area contributed by atoms with E-state index < -0.39 is 12.0 Å². The van der Waals surface area contributed by atoms with Crippen molar-refractivity contribution in [3.05, 3.63) is 32.8 Å². The zero-order chi connectivity index (χ0) is 14.9. The number of rotatable bonds is 4. The van der Waals surface area contributed by atoms with E-state index in [0.29, 0.717) is 0 Å². The van der Waals surface area contributed by atoms with Crippen LogP contribution >= 0.6 is 31.9 Å². The summed E-state index contributed by atoms with van der Waals surface area (Å²) in [7, 11) is 0. The molecule has 1 aromatic carbocycles. The molecule has 0 aliphatic carbocycles. The largest absolute Gasteiger partial charge is 0.480 e. The van der Waals surface area contributed by atoms with Crippen LogP contribution in [0.1, 0.15) is 12.5 Å². The van der Waals surface area contributed by atoms with Crippen LogP contribution in [0.5, 0.6) is 0 Å². The van der Waals surface area contributed by atoms with Gasteiger partial charge in [0.25, 0.3) is 0 Å². The molecule has 7 heteroatoms. The Morgan fingerprint density at radius 1 is 1.35 bits per heavy atom. The van der Waals surface area contributed by atoms with Gasteiger partial charge in [0.15, 0.2) is 0 Å². The molecule has 0 bridgehead atoms. The smallest absolute Gasteiger partial charge is 0.326 e. The average Bonchev–Trinajstić information content (AvgIpc) is 2.71. The van der Waals surface area contributed by atoms with Crippen LogP contribution in [0.15, 0.2) is 27.3 Å². The maximum absolute atomic E-state index is 11.2. The van der Waals surface area contributed by atoms with Gasteiger partial charge in [0.05, 0.1) is 0 Å². The maximum Gasteiger partial charge on any atom is 0.326 e. The van der Waals surface area contributed by atoms with Gasteiger partial charge >= 0.3 is 5.97 Å². The van der Waals surface area contributed by atoms with E-state index in [1.54, 1.807) is 6.20 Å². The van der Waals surface area contributed by atoms with Gasteiger partial charge < -0.3 is 15.4 Å². The number of hydrogen-bond acceptors (Lipinski definition) is 2. The van der Waals surface area contributed by atoms with Crippen LogP contribution in [0, 0.1) is 0 Å². The third kappa shape index (κ3) is 3.21. The van der Waals surface area contributed by atoms with Gasteiger partial charge in [-0.3, -0.25) is 4.79 Å². The summed E-state index contributed by atoms with van der Waals surface area (Å²) in [4.78, 5) is 25.3. The number of aromatic nitrogens is 1. The van der Waals surface area contributed by atoms with Crippen LogP contribution in [-0.4, -0.2) is 28.0 Å². The lowest BCUT2D eigenvalue weighted by Gasteiger charge is -2.12. The monoisotopic (exact) mass is 402 g/mol. The SMILES string of the molecule is CC(=O)NC(Cc1c[nH]c2cc(Br)c(Br)cc12)C(=O)O. The minimum atomic E-state index is -1.05. The third-order valence-corrected chi connectivity index (χ3v) is 4.75. The summed E-state index contributed by atoms with van der Waals surface area (Å²) in [6, 6.07) is 2.89. The number of H-pyrrole nitrogens is 1. The van der Waals surface area contributed by atoms with Crippen LogP contribution in [0.2, 0.25) is 0 Å². The number of carbonyl (C=O) groups excluding carboxylic acids is 1. The molecule has 20 heavy (non-hydrogen) atoms. The predicted molar refractivity (Wildman–Crippen MR) is 82.6 cm³/mol. The van der Waals surface area contributed by atoms with E-state index >= 15 is 0 Å². The van der Waals surface area contributed by atoms with Crippen LogP contribution in [0.25, 0.3) is 10.9 Å². The molecule has 0 radical (unpaired) electrons. The summed E-state index contributed by atoms with van der Waals surface area (Å²) in [5.41, 5.74) is 1.75. The van der Waals surface area contributed by atoms with Gasteiger partial charge in [-0.2, -0.15) is 0 Å². The second-order valence-corrected chi connectivity index (χ2v) is 6.13. The summed E-state index contributed by atoms with van der Waals surface area (Å²) in [5.74, 6) is -1.41. The van der Waals surface area contributed by atoms with Crippen LogP contribution in [0.4, 0.5) is 0 Å². The van der Waals surface area contributed by atoms with E-state index in [4.69, 9.17) is 5.11 Å². The van der Waals surface area contributed by atoms with Crippen molar-refractivity contribution in [3.63, 3.8) is 0 Å². The lowest BCUT2D eigenvalue weighted by molar-refractivity contribution is -0.141. The number of hydrogen-bond donors (Lipinski definition) is 3. The molecule has 106 valence electrons. The highest BCUT2D eigenvalue weighted by atomic mass is 79.9. The van der Waals surface area contributed by atoms with Crippen molar-refractivity contribution in [1.29, 1.82) is 0 Å². The summed E-state index contributed by atoms with van der Waals surface area (Å²) < 4.78 is 1.80. The third-order valence-electron chi connectivity index (χ3n) is 2.91. The van der Waals surface area contributed by atoms with Crippen LogP contribution in [0.3, 0.4) is 0 Å². The number of carbonyl (C=O) groups is 2. The van der Waals surface area contributed by atoms with E-state index in [0.717, 1.165) is 25.4 Å². The molecule has 5 nitrogen and oxygen atoms in total. The lowest BCUT2D eigenvalue weighted by atomic mass is 10.1. The minimum Gasteiger partial charge on any atom is -0.480 e. The highest BCUT2D eigenvalue weighted by molar-refractivity contribution is 9.13. The fourth-order valence-corrected chi connectivity index (χ4v) is 2.70. The topological polar surface area (TPSA) is 82.2 Å². The van der Waals surface area contributed by atoms with E-state index in [1.165, 1.54) is 6.92 Å². The number of aliphatic carboxylic acids is 1. The normalized spacial score (nSPS) is 12.3. The summed E-state index contributed by atoms with van der Waals surface area (Å²) in [5, 5.41) is 12.5. The number of carboxylic acids is 1. The Morgan fingerprint density at radius 3 is 2.60 bits per heavy atom. The number of amides is 1. The zero-order valence-corrected chi connectivity index (χ0v) is 13.7. The van der Waals surface area contributed by atoms with Crippen molar-refractivity contribution in [2.24, 2.45) is 0 Å². The Bertz CT molecular complexity index is 682. The van der Waals surface area contributed by atoms with Gasteiger partial charge in [-0.05, 0) is 49.6 Å². The summed E-state index contributed by atoms with van der Waals surface area (Å²) >= 11 is 6.84. The Labute approximate surface area is 132 Å². The molecule has 0 saturated carbocycles. The lowest BCUT2D eigenvalue weighted by Crippen LogP contribution is -2.41. The molecular formula is C13H12Br2N2O3. The second kappa shape index (κ2) is 5.97. The fraction of sp³-hybridized carbons (Fsp3) is 0.231. The van der Waals surface area contributed by atoms with Gasteiger partial charge in [-0.25, -0.2) is 4.79 Å². The molecule has 0 fully saturated rings. The van der Waals surface area contributed by atoms with Crippen molar-refractivity contribution in [2.75, 3.05) is 0 Å². The molecule has 0 aliphatic heterocycles. The van der Waals surface area contributed by atoms with Gasteiger partial charge in [-0.1, -0.05) is 0 Å². The summed E-state index contributed by atoms with van der Waals surface area (Å²) in [6.45, 7) is 1.30. The Kier molecular flexibility index (Phi) is 4.49. The van der Waals surface area contributed by atoms with Crippen LogP contribution in [-0.2, 0) is 16.0 Å². The molecule has 1 aromatic heterocycles. The van der Waals surface area contributed by atoms with Crippen LogP contribution < -0.4 is 5.32 Å². The van der Waals surface area contributed by atoms with E-state index in [9.17, 15) is 9.59 Å². The number of nitrogens with one attached hydrogen (secondary N) is 2. The number of benzene rings is 1. The molecule has 1 heterocycles. The van der Waals surface area contributed by atoms with Gasteiger partial charge in [-0.15, -0.1) is 0 Å². The highest BCUT2D eigenvalue weighted by Gasteiger charge is 2.20. The minimum absolute atomic E-state index is 0.225. The number of aromatic amines is 1. The van der Waals surface area contributed by atoms with E-state index in [-0.39, 0.29) is 12.3 Å². The number of halogens is 2. The highest BCUT2D eigenvalue weighted by Crippen LogP contribution is 2.30. The molecule has 1 atom stereocenters. The first-order valence-electron chi connectivity index (χ1n) is 5.83. The zero-order valence-electron chi connectivity index (χ0n) is 10.5. The van der Waals surface area contributed by atoms with Crippen molar-refractivity contribution in [1.82, 2.24) is 10.3 Å². The Hall–Kier alpha value is -1.34. The fourth-order valence-electron chi connectivity index (χ4n) is 2.01. The van der Waals surface area contributed by atoms with Crippen molar-refractivity contribution in [2.45, 2.75) is 19.4 Å². The van der Waals surface area contributed by atoms with E-state index in [2.05, 4.69) is 42.2 Å². The van der Waals surface area contributed by atoms with Gasteiger partial charge in [0, 0.05) is 39.4 Å². The van der Waals surface area contributed by atoms with Crippen molar-refractivity contribution in [3.8, 4) is 0 Å². The van der Waals surface area contributed by atoms with Gasteiger partial charge in [0.1, 0.15) is 6.04 Å². The first-order valence-corrected chi connectivity index (χ1v) is 7.42. The standard InChI is InChI=1S/C13H12Br2N2O3/c1-6(18)17-12(13(19)20)2-7-5-16-11-4-10(15)9(14)3-8(7)11/h3-5,12,16H,2H2,1H3,(H,17,18)(H,19,20). The average molecular weight is 404 g/mol. The number of fused-ring (bicyclic) bond motifs is 1. The Morgan fingerprint density at radius 2 is 2.00 bits per heavy atom. The maximum atomic E-state index is 11.2. The van der Waals surface area contributed by atoms with Gasteiger partial charge in [0.2, 0.25) is 5.91 Å². The van der Waals surface area contributed by atoms with E-state index in [1.807, 2.05) is 12.1 Å². The molecule has 2 aromatic rings. The van der Waals surface area contributed by atoms with Crippen molar-refractivity contribution < 1.29 is 14.7 Å². The predicted octanol–water partition coefficient (Wildman–Crippen LogP) is 2.82. The molecule has 0 aliphatic rings. The Balaban J connectivity index is 2.35. The first kappa shape index (κ1) is 15.1. The molecule has 1 amide bonds. The molecule has 3 N–H and O–H groups in total. The molecule has 0 saturated heterocycles. The molecule has 2 rings (SSSR count). The first-order chi connectivity index (χ1) is 9.38.